The van der Waals surface area contributed by atoms with Gasteiger partial charge < -0.3 is 9.84 Å². The van der Waals surface area contributed by atoms with E-state index in [1.54, 1.807) is 0 Å². The summed E-state index contributed by atoms with van der Waals surface area (Å²) >= 11 is 0. The molecule has 6 heteroatoms. The van der Waals surface area contributed by atoms with Gasteiger partial charge in [-0.3, -0.25) is 4.90 Å². The van der Waals surface area contributed by atoms with Crippen molar-refractivity contribution >= 4 is 9.84 Å². The van der Waals surface area contributed by atoms with E-state index >= 15 is 0 Å². The molecule has 14 heavy (non-hydrogen) atoms. The molecule has 1 rings (SSSR count). The van der Waals surface area contributed by atoms with Crippen molar-refractivity contribution in [3.05, 3.63) is 0 Å². The van der Waals surface area contributed by atoms with E-state index in [0.717, 1.165) is 0 Å². The molecule has 0 spiro atoms. The maximum atomic E-state index is 11.1. The summed E-state index contributed by atoms with van der Waals surface area (Å²) in [7, 11) is -1.29. The van der Waals surface area contributed by atoms with Crippen molar-refractivity contribution in [2.75, 3.05) is 44.9 Å². The summed E-state index contributed by atoms with van der Waals surface area (Å²) in [6, 6.07) is 0. The molecule has 1 aliphatic rings. The topological polar surface area (TPSA) is 66.8 Å². The van der Waals surface area contributed by atoms with Crippen molar-refractivity contribution in [3.63, 3.8) is 0 Å². The average molecular weight is 223 g/mol. The van der Waals surface area contributed by atoms with Crippen LogP contribution in [0.5, 0.6) is 0 Å². The van der Waals surface area contributed by atoms with Gasteiger partial charge in [0.25, 0.3) is 0 Å². The van der Waals surface area contributed by atoms with E-state index in [1.807, 2.05) is 4.90 Å². The minimum atomic E-state index is -2.82. The van der Waals surface area contributed by atoms with Gasteiger partial charge in [-0.25, -0.2) is 8.42 Å². The Balaban J connectivity index is 2.29. The first-order chi connectivity index (χ1) is 6.53. The summed E-state index contributed by atoms with van der Waals surface area (Å²) in [5.41, 5.74) is 0. The predicted molar refractivity (Wildman–Crippen MR) is 53.0 cm³/mol. The van der Waals surface area contributed by atoms with Crippen LogP contribution in [0.2, 0.25) is 0 Å². The Hall–Kier alpha value is -0.170. The van der Waals surface area contributed by atoms with Crippen molar-refractivity contribution in [3.8, 4) is 0 Å². The molecule has 84 valence electrons. The molecular weight excluding hydrogens is 206 g/mol. The third-order valence-corrected chi connectivity index (χ3v) is 3.87. The molecule has 0 bridgehead atoms. The van der Waals surface area contributed by atoms with Gasteiger partial charge in [0, 0.05) is 26.7 Å². The molecule has 0 aromatic rings. The van der Waals surface area contributed by atoms with E-state index in [0.29, 0.717) is 26.2 Å². The third-order valence-electron chi connectivity index (χ3n) is 2.27. The number of nitrogens with zero attached hydrogens (tertiary/aromatic N) is 1. The Bertz CT molecular complexity index is 251. The Labute approximate surface area is 84.6 Å². The van der Waals surface area contributed by atoms with Crippen LogP contribution in [-0.2, 0) is 14.6 Å². The lowest BCUT2D eigenvalue weighted by molar-refractivity contribution is 0.0396. The maximum Gasteiger partial charge on any atom is 0.152 e. The van der Waals surface area contributed by atoms with Crippen LogP contribution in [0.1, 0.15) is 0 Å². The summed E-state index contributed by atoms with van der Waals surface area (Å²) in [5, 5.41) is 9.42. The summed E-state index contributed by atoms with van der Waals surface area (Å²) in [6.07, 6.45) is -0.527. The molecule has 0 radical (unpaired) electrons. The number of aliphatic hydroxyl groups is 1. The molecular formula is C8H17NO4S. The second-order valence-electron chi connectivity index (χ2n) is 3.56. The average Bonchev–Trinajstić information content (AvgIpc) is 2.09. The number of sulfone groups is 1. The van der Waals surface area contributed by atoms with Crippen LogP contribution in [-0.4, -0.2) is 69.4 Å². The molecule has 5 nitrogen and oxygen atoms in total. The third kappa shape index (κ3) is 3.91. The van der Waals surface area contributed by atoms with Crippen molar-refractivity contribution in [1.82, 2.24) is 4.90 Å². The predicted octanol–water partition coefficient (Wildman–Crippen LogP) is -1.28. The van der Waals surface area contributed by atoms with E-state index in [1.165, 1.54) is 7.11 Å². The first kappa shape index (κ1) is 11.9. The first-order valence-corrected chi connectivity index (χ1v) is 6.45. The monoisotopic (exact) mass is 223 g/mol. The van der Waals surface area contributed by atoms with Crippen molar-refractivity contribution < 1.29 is 18.3 Å². The van der Waals surface area contributed by atoms with E-state index in [4.69, 9.17) is 4.74 Å². The first-order valence-electron chi connectivity index (χ1n) is 4.63. The molecule has 0 saturated carbocycles. The Kier molecular flexibility index (Phi) is 4.31. The summed E-state index contributed by atoms with van der Waals surface area (Å²) in [4.78, 5) is 1.95. The number of β-amino-alcohol motifs (C(OH)–C–C–N with tert-alkyl or cyclic N) is 1. The molecule has 1 unspecified atom stereocenters. The van der Waals surface area contributed by atoms with Crippen molar-refractivity contribution in [1.29, 1.82) is 0 Å². The van der Waals surface area contributed by atoms with E-state index < -0.39 is 15.9 Å². The van der Waals surface area contributed by atoms with Crippen molar-refractivity contribution in [2.45, 2.75) is 6.10 Å². The van der Waals surface area contributed by atoms with Gasteiger partial charge in [-0.2, -0.15) is 0 Å². The van der Waals surface area contributed by atoms with Crippen LogP contribution >= 0.6 is 0 Å². The molecule has 1 saturated heterocycles. The molecule has 1 aliphatic heterocycles. The van der Waals surface area contributed by atoms with Crippen LogP contribution in [0.25, 0.3) is 0 Å². The number of rotatable bonds is 4. The number of hydrogen-bond donors (Lipinski definition) is 1. The van der Waals surface area contributed by atoms with E-state index in [-0.39, 0.29) is 11.5 Å². The van der Waals surface area contributed by atoms with Crippen LogP contribution in [0.15, 0.2) is 0 Å². The fourth-order valence-corrected chi connectivity index (χ4v) is 2.75. The number of aliphatic hydroxyl groups excluding tert-OH is 1. The van der Waals surface area contributed by atoms with E-state index in [9.17, 15) is 13.5 Å². The highest BCUT2D eigenvalue weighted by atomic mass is 32.2. The number of ether oxygens (including phenoxy) is 1. The lowest BCUT2D eigenvalue weighted by Crippen LogP contribution is -2.44. The summed E-state index contributed by atoms with van der Waals surface area (Å²) < 4.78 is 27.0. The minimum absolute atomic E-state index is 0.201. The van der Waals surface area contributed by atoms with Gasteiger partial charge in [0.15, 0.2) is 9.84 Å². The van der Waals surface area contributed by atoms with Crippen LogP contribution in [0, 0.1) is 0 Å². The van der Waals surface area contributed by atoms with Gasteiger partial charge in [0.1, 0.15) is 0 Å². The SMILES string of the molecule is COCC(O)CN1CCS(=O)(=O)CC1. The fourth-order valence-electron chi connectivity index (χ4n) is 1.48. The van der Waals surface area contributed by atoms with Gasteiger partial charge in [0.05, 0.1) is 24.2 Å². The lowest BCUT2D eigenvalue weighted by Gasteiger charge is -2.28. The molecule has 1 N–H and O–H groups in total. The highest BCUT2D eigenvalue weighted by molar-refractivity contribution is 7.91. The Morgan fingerprint density at radius 2 is 2.00 bits per heavy atom. The largest absolute Gasteiger partial charge is 0.389 e. The highest BCUT2D eigenvalue weighted by Gasteiger charge is 2.22. The minimum Gasteiger partial charge on any atom is -0.389 e. The Morgan fingerprint density at radius 3 is 2.50 bits per heavy atom. The van der Waals surface area contributed by atoms with Crippen LogP contribution < -0.4 is 0 Å². The molecule has 0 aromatic carbocycles. The standard InChI is InChI=1S/C8H17NO4S/c1-13-7-8(10)6-9-2-4-14(11,12)5-3-9/h8,10H,2-7H2,1H3. The highest BCUT2D eigenvalue weighted by Crippen LogP contribution is 2.04. The summed E-state index contributed by atoms with van der Waals surface area (Å²) in [5.74, 6) is 0.402. The zero-order valence-electron chi connectivity index (χ0n) is 8.35. The number of methoxy groups -OCH3 is 1. The second kappa shape index (κ2) is 5.06. The summed E-state index contributed by atoms with van der Waals surface area (Å²) in [6.45, 7) is 1.82. The number of hydrogen-bond acceptors (Lipinski definition) is 5. The normalized spacial score (nSPS) is 24.7. The van der Waals surface area contributed by atoms with Gasteiger partial charge in [-0.1, -0.05) is 0 Å². The Morgan fingerprint density at radius 1 is 1.43 bits per heavy atom. The van der Waals surface area contributed by atoms with Gasteiger partial charge in [-0.15, -0.1) is 0 Å². The van der Waals surface area contributed by atoms with Crippen LogP contribution in [0.3, 0.4) is 0 Å². The van der Waals surface area contributed by atoms with Crippen molar-refractivity contribution in [2.24, 2.45) is 0 Å². The molecule has 1 fully saturated rings. The maximum absolute atomic E-state index is 11.1. The molecule has 0 aromatic heterocycles. The van der Waals surface area contributed by atoms with Gasteiger partial charge >= 0.3 is 0 Å². The molecule has 0 amide bonds. The quantitative estimate of drug-likeness (QED) is 0.643. The molecule has 1 atom stereocenters. The smallest absolute Gasteiger partial charge is 0.152 e. The molecule has 1 heterocycles. The van der Waals surface area contributed by atoms with E-state index in [2.05, 4.69) is 0 Å². The second-order valence-corrected chi connectivity index (χ2v) is 5.87. The van der Waals surface area contributed by atoms with Gasteiger partial charge in [-0.05, 0) is 0 Å². The zero-order chi connectivity index (χ0) is 10.6. The zero-order valence-corrected chi connectivity index (χ0v) is 9.16. The van der Waals surface area contributed by atoms with Gasteiger partial charge in [0.2, 0.25) is 0 Å². The van der Waals surface area contributed by atoms with Crippen LogP contribution in [0.4, 0.5) is 0 Å². The lowest BCUT2D eigenvalue weighted by atomic mass is 10.3. The fraction of sp³-hybridized carbons (Fsp3) is 1.00. The molecule has 0 aliphatic carbocycles.